The smallest absolute Gasteiger partial charge is 0.416 e. The lowest BCUT2D eigenvalue weighted by Gasteiger charge is -2.20. The number of carbonyl (C=O) groups is 2. The Bertz CT molecular complexity index is 1480. The zero-order valence-electron chi connectivity index (χ0n) is 21.5. The number of halogens is 3. The van der Waals surface area contributed by atoms with Crippen molar-refractivity contribution < 1.29 is 32.6 Å². The first-order valence-corrected chi connectivity index (χ1v) is 12.4. The van der Waals surface area contributed by atoms with Crippen LogP contribution in [0.4, 0.5) is 13.2 Å². The number of nitrogens with one attached hydrogen (secondary N) is 1. The summed E-state index contributed by atoms with van der Waals surface area (Å²) in [4.78, 5) is 23.1. The van der Waals surface area contributed by atoms with E-state index in [1.54, 1.807) is 18.3 Å². The number of carboxylic acid groups (broad SMARTS) is 1. The molecular weight excluding hydrogens is 511 g/mol. The molecule has 0 saturated heterocycles. The number of benzene rings is 3. The number of amides is 1. The van der Waals surface area contributed by atoms with E-state index in [2.05, 4.69) is 17.3 Å². The normalized spacial score (nSPS) is 12.3. The summed E-state index contributed by atoms with van der Waals surface area (Å²) >= 11 is 0. The fourth-order valence-corrected chi connectivity index (χ4v) is 4.52. The first-order chi connectivity index (χ1) is 18.6. The van der Waals surface area contributed by atoms with Gasteiger partial charge in [0, 0.05) is 23.1 Å². The van der Waals surface area contributed by atoms with E-state index >= 15 is 0 Å². The number of nitrogens with zero attached hydrogens (tertiary/aromatic N) is 2. The summed E-state index contributed by atoms with van der Waals surface area (Å²) in [7, 11) is 1.35. The molecule has 0 fully saturated rings. The molecule has 7 nitrogen and oxygen atoms in total. The Labute approximate surface area is 223 Å². The van der Waals surface area contributed by atoms with Crippen molar-refractivity contribution in [3.8, 4) is 16.9 Å². The van der Waals surface area contributed by atoms with Crippen LogP contribution in [0.15, 0.2) is 66.9 Å². The number of alkyl halides is 3. The Hall–Kier alpha value is -4.34. The van der Waals surface area contributed by atoms with Crippen molar-refractivity contribution in [3.63, 3.8) is 0 Å². The Morgan fingerprint density at radius 3 is 2.46 bits per heavy atom. The second kappa shape index (κ2) is 11.6. The Kier molecular flexibility index (Phi) is 8.23. The molecule has 0 radical (unpaired) electrons. The number of hydrogen-bond acceptors (Lipinski definition) is 4. The van der Waals surface area contributed by atoms with Gasteiger partial charge in [-0.2, -0.15) is 18.3 Å². The van der Waals surface area contributed by atoms with E-state index in [4.69, 9.17) is 9.84 Å². The van der Waals surface area contributed by atoms with Gasteiger partial charge >= 0.3 is 12.1 Å². The minimum atomic E-state index is -4.46. The van der Waals surface area contributed by atoms with Gasteiger partial charge in [-0.3, -0.25) is 14.3 Å². The summed E-state index contributed by atoms with van der Waals surface area (Å²) in [5, 5.41) is 16.7. The van der Waals surface area contributed by atoms with Crippen molar-refractivity contribution >= 4 is 22.8 Å². The molecule has 0 aliphatic heterocycles. The molecule has 1 heterocycles. The summed E-state index contributed by atoms with van der Waals surface area (Å²) in [6.45, 7) is 2.11. The zero-order valence-corrected chi connectivity index (χ0v) is 21.5. The zero-order chi connectivity index (χ0) is 28.2. The highest BCUT2D eigenvalue weighted by Gasteiger charge is 2.31. The van der Waals surface area contributed by atoms with Gasteiger partial charge in [-0.15, -0.1) is 0 Å². The Balaban J connectivity index is 1.60. The summed E-state index contributed by atoms with van der Waals surface area (Å²) in [5.74, 6) is -1.20. The average molecular weight is 540 g/mol. The van der Waals surface area contributed by atoms with Gasteiger partial charge in [0.15, 0.2) is 0 Å². The molecule has 4 rings (SSSR count). The number of methoxy groups -OCH3 is 1. The van der Waals surface area contributed by atoms with Crippen LogP contribution >= 0.6 is 0 Å². The third-order valence-corrected chi connectivity index (χ3v) is 6.47. The van der Waals surface area contributed by atoms with E-state index in [-0.39, 0.29) is 30.7 Å². The molecule has 10 heteroatoms. The number of carbonyl (C=O) groups excluding carboxylic acids is 1. The number of carboxylic acids is 1. The van der Waals surface area contributed by atoms with E-state index in [1.165, 1.54) is 13.2 Å². The average Bonchev–Trinajstić information content (AvgIpc) is 3.33. The van der Waals surface area contributed by atoms with Crippen LogP contribution in [0.2, 0.25) is 0 Å². The number of rotatable bonds is 10. The predicted molar refractivity (Wildman–Crippen MR) is 141 cm³/mol. The minimum absolute atomic E-state index is 0.0401. The summed E-state index contributed by atoms with van der Waals surface area (Å²) in [5.41, 5.74) is 2.74. The standard InChI is InChI=1S/C29H28F3N3O4/c1-3-4-24(35-25-12-9-20(15-21(25)17-34-35)28(38)33-14-13-27(36)37)19-7-5-18(6-8-19)23-11-10-22(29(30,31)32)16-26(23)39-2/h5-12,15-17,24H,3-4,13-14H2,1-2H3,(H,33,38)(H,36,37). The molecule has 1 unspecified atom stereocenters. The molecular formula is C29H28F3N3O4. The topological polar surface area (TPSA) is 93.5 Å². The number of fused-ring (bicyclic) bond motifs is 1. The van der Waals surface area contributed by atoms with Crippen LogP contribution in [0.3, 0.4) is 0 Å². The van der Waals surface area contributed by atoms with Crippen LogP contribution in [0.5, 0.6) is 5.75 Å². The largest absolute Gasteiger partial charge is 0.496 e. The fourth-order valence-electron chi connectivity index (χ4n) is 4.52. The van der Waals surface area contributed by atoms with Crippen molar-refractivity contribution in [3.05, 3.63) is 83.6 Å². The molecule has 0 aliphatic rings. The van der Waals surface area contributed by atoms with E-state index < -0.39 is 17.7 Å². The highest BCUT2D eigenvalue weighted by atomic mass is 19.4. The van der Waals surface area contributed by atoms with E-state index in [1.807, 2.05) is 35.0 Å². The maximum Gasteiger partial charge on any atom is 0.416 e. The van der Waals surface area contributed by atoms with Crippen molar-refractivity contribution in [2.45, 2.75) is 38.4 Å². The van der Waals surface area contributed by atoms with Crippen molar-refractivity contribution in [1.82, 2.24) is 15.1 Å². The van der Waals surface area contributed by atoms with Crippen molar-refractivity contribution in [1.29, 1.82) is 0 Å². The SMILES string of the molecule is CCCC(c1ccc(-c2ccc(C(F)(F)F)cc2OC)cc1)n1ncc2cc(C(=O)NCCC(=O)O)ccc21. The molecule has 0 bridgehead atoms. The molecule has 1 aromatic heterocycles. The Morgan fingerprint density at radius 1 is 1.08 bits per heavy atom. The molecule has 0 saturated carbocycles. The summed E-state index contributed by atoms with van der Waals surface area (Å²) in [6, 6.07) is 16.2. The second-order valence-corrected chi connectivity index (χ2v) is 9.10. The van der Waals surface area contributed by atoms with Gasteiger partial charge in [0.2, 0.25) is 0 Å². The lowest BCUT2D eigenvalue weighted by atomic mass is 9.97. The lowest BCUT2D eigenvalue weighted by Crippen LogP contribution is -2.25. The molecule has 1 atom stereocenters. The second-order valence-electron chi connectivity index (χ2n) is 9.10. The third kappa shape index (κ3) is 6.22. The molecule has 2 N–H and O–H groups in total. The van der Waals surface area contributed by atoms with Crippen molar-refractivity contribution in [2.75, 3.05) is 13.7 Å². The maximum atomic E-state index is 13.1. The van der Waals surface area contributed by atoms with Gasteiger partial charge in [-0.1, -0.05) is 43.7 Å². The number of aromatic nitrogens is 2. The van der Waals surface area contributed by atoms with Gasteiger partial charge in [0.1, 0.15) is 5.75 Å². The van der Waals surface area contributed by atoms with Gasteiger partial charge in [0.25, 0.3) is 5.91 Å². The highest BCUT2D eigenvalue weighted by molar-refractivity contribution is 5.98. The van der Waals surface area contributed by atoms with Gasteiger partial charge < -0.3 is 15.2 Å². The number of hydrogen-bond donors (Lipinski definition) is 2. The summed E-state index contributed by atoms with van der Waals surface area (Å²) < 4.78 is 46.5. The van der Waals surface area contributed by atoms with Crippen LogP contribution in [-0.4, -0.2) is 40.4 Å². The van der Waals surface area contributed by atoms with Crippen LogP contribution < -0.4 is 10.1 Å². The quantitative estimate of drug-likeness (QED) is 0.246. The minimum Gasteiger partial charge on any atom is -0.496 e. The maximum absolute atomic E-state index is 13.1. The molecule has 3 aromatic carbocycles. The van der Waals surface area contributed by atoms with Gasteiger partial charge in [-0.05, 0) is 47.9 Å². The fraction of sp³-hybridized carbons (Fsp3) is 0.276. The number of ether oxygens (including phenoxy) is 1. The highest BCUT2D eigenvalue weighted by Crippen LogP contribution is 2.38. The molecule has 1 amide bonds. The van der Waals surface area contributed by atoms with E-state index in [0.29, 0.717) is 11.1 Å². The summed E-state index contributed by atoms with van der Waals surface area (Å²) in [6.07, 6.45) is -1.26. The molecule has 4 aromatic rings. The van der Waals surface area contributed by atoms with Crippen LogP contribution in [-0.2, 0) is 11.0 Å². The predicted octanol–water partition coefficient (Wildman–Crippen LogP) is 6.32. The third-order valence-electron chi connectivity index (χ3n) is 6.47. The Morgan fingerprint density at radius 2 is 1.82 bits per heavy atom. The lowest BCUT2D eigenvalue weighted by molar-refractivity contribution is -0.138. The first kappa shape index (κ1) is 27.7. The molecule has 0 aliphatic carbocycles. The molecule has 204 valence electrons. The monoisotopic (exact) mass is 539 g/mol. The van der Waals surface area contributed by atoms with Crippen molar-refractivity contribution in [2.24, 2.45) is 0 Å². The first-order valence-electron chi connectivity index (χ1n) is 12.4. The van der Waals surface area contributed by atoms with E-state index in [0.717, 1.165) is 47.0 Å². The van der Waals surface area contributed by atoms with Gasteiger partial charge in [0.05, 0.1) is 36.8 Å². The van der Waals surface area contributed by atoms with Crippen LogP contribution in [0, 0.1) is 0 Å². The number of aliphatic carboxylic acids is 1. The van der Waals surface area contributed by atoms with Gasteiger partial charge in [-0.25, -0.2) is 0 Å². The van der Waals surface area contributed by atoms with Crippen LogP contribution in [0.1, 0.15) is 53.7 Å². The molecule has 0 spiro atoms. The van der Waals surface area contributed by atoms with Crippen LogP contribution in [0.25, 0.3) is 22.0 Å². The molecule has 39 heavy (non-hydrogen) atoms. The van der Waals surface area contributed by atoms with E-state index in [9.17, 15) is 22.8 Å².